The number of imide groups is 1. The Balaban J connectivity index is 1.96. The van der Waals surface area contributed by atoms with E-state index in [2.05, 4.69) is 29.5 Å². The van der Waals surface area contributed by atoms with Crippen LogP contribution in [0.1, 0.15) is 38.3 Å². The van der Waals surface area contributed by atoms with Gasteiger partial charge in [-0.2, -0.15) is 0 Å². The second-order valence-electron chi connectivity index (χ2n) is 6.22. The number of aromatic nitrogens is 1. The van der Waals surface area contributed by atoms with Gasteiger partial charge in [-0.3, -0.25) is 25.2 Å². The second kappa shape index (κ2) is 4.66. The molecule has 2 amide bonds. The molecular formula is C15H19N3O2. The molecule has 0 aliphatic carbocycles. The molecule has 0 unspecified atom stereocenters. The molecule has 2 saturated heterocycles. The SMILES string of the molecule is CC(C)C[C@]12C[C@H](C(=O)NC1=O)[C@H](c1cccnc1)N2. The molecule has 0 saturated carbocycles. The zero-order valence-electron chi connectivity index (χ0n) is 11.7. The lowest BCUT2D eigenvalue weighted by Gasteiger charge is -2.32. The van der Waals surface area contributed by atoms with Crippen molar-refractivity contribution in [2.75, 3.05) is 0 Å². The third-order valence-corrected chi connectivity index (χ3v) is 4.21. The monoisotopic (exact) mass is 273 g/mol. The molecule has 3 heterocycles. The van der Waals surface area contributed by atoms with Crippen LogP contribution in [-0.4, -0.2) is 22.3 Å². The molecule has 0 radical (unpaired) electrons. The summed E-state index contributed by atoms with van der Waals surface area (Å²) in [6, 6.07) is 3.68. The van der Waals surface area contributed by atoms with E-state index >= 15 is 0 Å². The van der Waals surface area contributed by atoms with Gasteiger partial charge in [0.05, 0.1) is 11.5 Å². The van der Waals surface area contributed by atoms with Crippen LogP contribution in [0.5, 0.6) is 0 Å². The van der Waals surface area contributed by atoms with Crippen molar-refractivity contribution in [3.63, 3.8) is 0 Å². The number of amides is 2. The Morgan fingerprint density at radius 2 is 2.25 bits per heavy atom. The molecule has 106 valence electrons. The lowest BCUT2D eigenvalue weighted by atomic mass is 9.80. The number of hydrogen-bond acceptors (Lipinski definition) is 4. The summed E-state index contributed by atoms with van der Waals surface area (Å²) in [6.45, 7) is 4.18. The van der Waals surface area contributed by atoms with E-state index in [4.69, 9.17) is 0 Å². The van der Waals surface area contributed by atoms with Gasteiger partial charge in [-0.25, -0.2) is 0 Å². The molecule has 5 heteroatoms. The number of carbonyl (C=O) groups is 2. The van der Waals surface area contributed by atoms with Crippen LogP contribution in [0.3, 0.4) is 0 Å². The van der Waals surface area contributed by atoms with Crippen LogP contribution >= 0.6 is 0 Å². The lowest BCUT2D eigenvalue weighted by Crippen LogP contribution is -2.57. The number of nitrogens with zero attached hydrogens (tertiary/aromatic N) is 1. The molecule has 5 nitrogen and oxygen atoms in total. The molecule has 2 aliphatic heterocycles. The van der Waals surface area contributed by atoms with Gasteiger partial charge < -0.3 is 0 Å². The molecule has 2 N–H and O–H groups in total. The van der Waals surface area contributed by atoms with Gasteiger partial charge in [0.25, 0.3) is 0 Å². The van der Waals surface area contributed by atoms with Crippen molar-refractivity contribution in [2.24, 2.45) is 11.8 Å². The Kier molecular flexibility index (Phi) is 3.09. The van der Waals surface area contributed by atoms with Crippen LogP contribution in [0.15, 0.2) is 24.5 Å². The van der Waals surface area contributed by atoms with Crippen LogP contribution in [-0.2, 0) is 9.59 Å². The summed E-state index contributed by atoms with van der Waals surface area (Å²) >= 11 is 0. The van der Waals surface area contributed by atoms with Crippen LogP contribution in [0, 0.1) is 11.8 Å². The molecule has 2 bridgehead atoms. The Hall–Kier alpha value is -1.75. The van der Waals surface area contributed by atoms with Gasteiger partial charge in [0.15, 0.2) is 0 Å². The van der Waals surface area contributed by atoms with E-state index in [1.807, 2.05) is 12.1 Å². The van der Waals surface area contributed by atoms with Gasteiger partial charge in [-0.1, -0.05) is 19.9 Å². The predicted molar refractivity (Wildman–Crippen MR) is 73.6 cm³/mol. The predicted octanol–water partition coefficient (Wildman–Crippen LogP) is 1.17. The number of nitrogens with one attached hydrogen (secondary N) is 2. The summed E-state index contributed by atoms with van der Waals surface area (Å²) in [7, 11) is 0. The van der Waals surface area contributed by atoms with Crippen molar-refractivity contribution in [3.8, 4) is 0 Å². The van der Waals surface area contributed by atoms with Crippen molar-refractivity contribution in [1.82, 2.24) is 15.6 Å². The molecule has 0 aromatic carbocycles. The van der Waals surface area contributed by atoms with Gasteiger partial charge in [-0.15, -0.1) is 0 Å². The molecule has 1 aromatic heterocycles. The highest BCUT2D eigenvalue weighted by atomic mass is 16.2. The zero-order chi connectivity index (χ0) is 14.3. The zero-order valence-corrected chi connectivity index (χ0v) is 11.7. The van der Waals surface area contributed by atoms with E-state index in [0.29, 0.717) is 12.3 Å². The molecule has 2 fully saturated rings. The van der Waals surface area contributed by atoms with Gasteiger partial charge >= 0.3 is 0 Å². The Morgan fingerprint density at radius 3 is 2.90 bits per heavy atom. The number of hydrogen-bond donors (Lipinski definition) is 2. The number of rotatable bonds is 3. The molecular weight excluding hydrogens is 254 g/mol. The summed E-state index contributed by atoms with van der Waals surface area (Å²) in [5.41, 5.74) is 0.348. The molecule has 3 rings (SSSR count). The number of piperidine rings is 1. The maximum atomic E-state index is 12.3. The molecule has 0 spiro atoms. The van der Waals surface area contributed by atoms with Crippen molar-refractivity contribution in [2.45, 2.75) is 38.3 Å². The highest BCUT2D eigenvalue weighted by Crippen LogP contribution is 2.43. The lowest BCUT2D eigenvalue weighted by molar-refractivity contribution is -0.139. The summed E-state index contributed by atoms with van der Waals surface area (Å²) < 4.78 is 0. The van der Waals surface area contributed by atoms with E-state index in [-0.39, 0.29) is 23.8 Å². The Morgan fingerprint density at radius 1 is 1.45 bits per heavy atom. The second-order valence-corrected chi connectivity index (χ2v) is 6.22. The van der Waals surface area contributed by atoms with Gasteiger partial charge in [-0.05, 0) is 30.4 Å². The fourth-order valence-corrected chi connectivity index (χ4v) is 3.48. The maximum absolute atomic E-state index is 12.3. The topological polar surface area (TPSA) is 71.1 Å². The highest BCUT2D eigenvalue weighted by Gasteiger charge is 2.56. The van der Waals surface area contributed by atoms with Gasteiger partial charge in [0, 0.05) is 18.4 Å². The van der Waals surface area contributed by atoms with Crippen molar-refractivity contribution in [1.29, 1.82) is 0 Å². The molecule has 20 heavy (non-hydrogen) atoms. The van der Waals surface area contributed by atoms with Crippen molar-refractivity contribution >= 4 is 11.8 Å². The normalized spacial score (nSPS) is 32.5. The van der Waals surface area contributed by atoms with E-state index in [0.717, 1.165) is 12.0 Å². The van der Waals surface area contributed by atoms with Crippen LogP contribution < -0.4 is 10.6 Å². The van der Waals surface area contributed by atoms with Gasteiger partial charge in [0.2, 0.25) is 11.8 Å². The fraction of sp³-hybridized carbons (Fsp3) is 0.533. The first-order chi connectivity index (χ1) is 9.52. The minimum Gasteiger partial charge on any atom is -0.296 e. The minimum atomic E-state index is -0.618. The van der Waals surface area contributed by atoms with E-state index in [9.17, 15) is 9.59 Å². The average Bonchev–Trinajstić information content (AvgIpc) is 2.75. The molecule has 1 aromatic rings. The first-order valence-electron chi connectivity index (χ1n) is 7.05. The third-order valence-electron chi connectivity index (χ3n) is 4.21. The average molecular weight is 273 g/mol. The van der Waals surface area contributed by atoms with E-state index in [1.54, 1.807) is 12.4 Å². The highest BCUT2D eigenvalue weighted by molar-refractivity contribution is 6.05. The number of fused-ring (bicyclic) bond motifs is 2. The summed E-state index contributed by atoms with van der Waals surface area (Å²) in [6.07, 6.45) is 4.79. The first kappa shape index (κ1) is 13.2. The van der Waals surface area contributed by atoms with E-state index in [1.165, 1.54) is 0 Å². The van der Waals surface area contributed by atoms with Crippen LogP contribution in [0.4, 0.5) is 0 Å². The number of pyridine rings is 1. The Bertz CT molecular complexity index is 543. The largest absolute Gasteiger partial charge is 0.296 e. The molecule has 3 atom stereocenters. The van der Waals surface area contributed by atoms with Crippen molar-refractivity contribution < 1.29 is 9.59 Å². The third kappa shape index (κ3) is 2.02. The van der Waals surface area contributed by atoms with Crippen LogP contribution in [0.2, 0.25) is 0 Å². The standard InChI is InChI=1S/C15H19N3O2/c1-9(2)6-15-7-11(13(19)17-14(15)20)12(18-15)10-4-3-5-16-8-10/h3-5,8-9,11-12,18H,6-7H2,1-2H3,(H,17,19,20)/t11-,12-,15-/m0/s1. The molecule has 2 aliphatic rings. The fourth-order valence-electron chi connectivity index (χ4n) is 3.48. The van der Waals surface area contributed by atoms with Crippen LogP contribution in [0.25, 0.3) is 0 Å². The minimum absolute atomic E-state index is 0.131. The number of carbonyl (C=O) groups excluding carboxylic acids is 2. The summed E-state index contributed by atoms with van der Waals surface area (Å²) in [4.78, 5) is 28.5. The quantitative estimate of drug-likeness (QED) is 0.811. The Labute approximate surface area is 118 Å². The summed E-state index contributed by atoms with van der Waals surface area (Å²) in [5, 5.41) is 5.95. The maximum Gasteiger partial charge on any atom is 0.246 e. The van der Waals surface area contributed by atoms with Gasteiger partial charge in [0.1, 0.15) is 0 Å². The first-order valence-corrected chi connectivity index (χ1v) is 7.05. The summed E-state index contributed by atoms with van der Waals surface area (Å²) in [5.74, 6) is -0.169. The smallest absolute Gasteiger partial charge is 0.246 e. The van der Waals surface area contributed by atoms with Crippen molar-refractivity contribution in [3.05, 3.63) is 30.1 Å². The van der Waals surface area contributed by atoms with E-state index < -0.39 is 5.54 Å².